The molecule has 0 aliphatic heterocycles. The number of ketones is 1. The van der Waals surface area contributed by atoms with Crippen LogP contribution in [0.1, 0.15) is 34.2 Å². The molecule has 0 aliphatic carbocycles. The molecule has 5 nitrogen and oxygen atoms in total. The van der Waals surface area contributed by atoms with Crippen LogP contribution in [0.3, 0.4) is 0 Å². The van der Waals surface area contributed by atoms with Gasteiger partial charge < -0.3 is 10.7 Å². The SMILES string of the molecule is CC(=O)c1cc(C)cc(-c2ccc(C=N)c(Nc3cccc(C)n3)c2)n1. The Labute approximate surface area is 152 Å². The van der Waals surface area contributed by atoms with E-state index in [1.165, 1.54) is 13.1 Å². The Hall–Kier alpha value is -3.34. The fraction of sp³-hybridized carbons (Fsp3) is 0.143. The maximum absolute atomic E-state index is 11.7. The molecule has 3 aromatic rings. The number of Topliss-reactive ketones (excluding diaryl/α,β-unsaturated/α-hetero) is 1. The van der Waals surface area contributed by atoms with E-state index in [1.54, 1.807) is 6.07 Å². The first-order chi connectivity index (χ1) is 12.5. The van der Waals surface area contributed by atoms with Crippen LogP contribution in [0.4, 0.5) is 11.5 Å². The Morgan fingerprint density at radius 3 is 2.58 bits per heavy atom. The molecular formula is C21H20N4O. The van der Waals surface area contributed by atoms with Crippen molar-refractivity contribution in [3.05, 3.63) is 71.0 Å². The van der Waals surface area contributed by atoms with E-state index in [1.807, 2.05) is 56.3 Å². The van der Waals surface area contributed by atoms with Gasteiger partial charge in [-0.2, -0.15) is 0 Å². The van der Waals surface area contributed by atoms with Gasteiger partial charge >= 0.3 is 0 Å². The average molecular weight is 344 g/mol. The standard InChI is InChI=1S/C21H20N4O/c1-13-9-18(15(3)26)24-19(10-13)16-7-8-17(12-22)20(11-16)25-21-6-4-5-14(2)23-21/h4-12,22H,1-3H3,(H,23,25). The van der Waals surface area contributed by atoms with Gasteiger partial charge in [0.05, 0.1) is 5.69 Å². The summed E-state index contributed by atoms with van der Waals surface area (Å²) in [7, 11) is 0. The lowest BCUT2D eigenvalue weighted by Gasteiger charge is -2.12. The van der Waals surface area contributed by atoms with Gasteiger partial charge in [-0.05, 0) is 49.7 Å². The summed E-state index contributed by atoms with van der Waals surface area (Å²) >= 11 is 0. The number of pyridine rings is 2. The smallest absolute Gasteiger partial charge is 0.178 e. The van der Waals surface area contributed by atoms with Crippen molar-refractivity contribution in [1.29, 1.82) is 5.41 Å². The van der Waals surface area contributed by atoms with E-state index in [0.717, 1.165) is 33.8 Å². The fourth-order valence-corrected chi connectivity index (χ4v) is 2.70. The molecule has 26 heavy (non-hydrogen) atoms. The van der Waals surface area contributed by atoms with Crippen LogP contribution in [-0.2, 0) is 0 Å². The van der Waals surface area contributed by atoms with Gasteiger partial charge in [-0.1, -0.05) is 18.2 Å². The molecule has 0 radical (unpaired) electrons. The third-order valence-corrected chi connectivity index (χ3v) is 3.99. The van der Waals surface area contributed by atoms with Crippen LogP contribution in [0.25, 0.3) is 11.3 Å². The second-order valence-corrected chi connectivity index (χ2v) is 6.21. The highest BCUT2D eigenvalue weighted by molar-refractivity contribution is 5.93. The lowest BCUT2D eigenvalue weighted by molar-refractivity contribution is 0.101. The average Bonchev–Trinajstić information content (AvgIpc) is 2.61. The Morgan fingerprint density at radius 1 is 1.08 bits per heavy atom. The molecule has 0 saturated heterocycles. The molecule has 0 fully saturated rings. The predicted molar refractivity (Wildman–Crippen MR) is 105 cm³/mol. The van der Waals surface area contributed by atoms with E-state index in [0.29, 0.717) is 11.5 Å². The highest BCUT2D eigenvalue weighted by Gasteiger charge is 2.10. The van der Waals surface area contributed by atoms with Crippen molar-refractivity contribution in [3.63, 3.8) is 0 Å². The number of nitrogens with zero attached hydrogens (tertiary/aromatic N) is 2. The minimum absolute atomic E-state index is 0.0617. The molecule has 2 heterocycles. The number of anilines is 2. The molecule has 0 aliphatic rings. The van der Waals surface area contributed by atoms with E-state index in [9.17, 15) is 4.79 Å². The summed E-state index contributed by atoms with van der Waals surface area (Å²) in [6.07, 6.45) is 1.30. The van der Waals surface area contributed by atoms with Crippen LogP contribution >= 0.6 is 0 Å². The molecule has 2 N–H and O–H groups in total. The topological polar surface area (TPSA) is 78.7 Å². The molecule has 0 spiro atoms. The third-order valence-electron chi connectivity index (χ3n) is 3.99. The van der Waals surface area contributed by atoms with Gasteiger partial charge in [0.15, 0.2) is 5.78 Å². The molecule has 0 saturated carbocycles. The molecule has 0 atom stereocenters. The Balaban J connectivity index is 2.05. The number of aromatic nitrogens is 2. The normalized spacial score (nSPS) is 10.4. The van der Waals surface area contributed by atoms with Crippen LogP contribution in [0.15, 0.2) is 48.5 Å². The van der Waals surface area contributed by atoms with Crippen LogP contribution < -0.4 is 5.32 Å². The van der Waals surface area contributed by atoms with Gasteiger partial charge in [-0.15, -0.1) is 0 Å². The maximum Gasteiger partial charge on any atom is 0.178 e. The highest BCUT2D eigenvalue weighted by atomic mass is 16.1. The fourth-order valence-electron chi connectivity index (χ4n) is 2.70. The number of aryl methyl sites for hydroxylation is 2. The summed E-state index contributed by atoms with van der Waals surface area (Å²) in [5.41, 5.74) is 5.45. The first-order valence-corrected chi connectivity index (χ1v) is 8.31. The Kier molecular flexibility index (Phi) is 4.89. The first-order valence-electron chi connectivity index (χ1n) is 8.31. The molecule has 0 bridgehead atoms. The van der Waals surface area contributed by atoms with Crippen molar-refractivity contribution < 1.29 is 4.79 Å². The van der Waals surface area contributed by atoms with E-state index in [2.05, 4.69) is 15.3 Å². The number of carbonyl (C=O) groups excluding carboxylic acids is 1. The Morgan fingerprint density at radius 2 is 1.88 bits per heavy atom. The van der Waals surface area contributed by atoms with Crippen molar-refractivity contribution in [2.45, 2.75) is 20.8 Å². The van der Waals surface area contributed by atoms with Gasteiger partial charge in [-0.25, -0.2) is 9.97 Å². The van der Waals surface area contributed by atoms with Crippen molar-refractivity contribution in [3.8, 4) is 11.3 Å². The summed E-state index contributed by atoms with van der Waals surface area (Å²) in [6, 6.07) is 15.2. The number of hydrogen-bond acceptors (Lipinski definition) is 5. The van der Waals surface area contributed by atoms with Gasteiger partial charge in [0.2, 0.25) is 0 Å². The molecule has 1 aromatic carbocycles. The monoisotopic (exact) mass is 344 g/mol. The van der Waals surface area contributed by atoms with Gasteiger partial charge in [0.1, 0.15) is 11.5 Å². The zero-order valence-electron chi connectivity index (χ0n) is 15.0. The minimum Gasteiger partial charge on any atom is -0.340 e. The number of hydrogen-bond donors (Lipinski definition) is 2. The molecule has 0 amide bonds. The quantitative estimate of drug-likeness (QED) is 0.519. The minimum atomic E-state index is -0.0617. The summed E-state index contributed by atoms with van der Waals surface area (Å²) in [4.78, 5) is 20.6. The predicted octanol–water partition coefficient (Wildman–Crippen LogP) is 4.70. The van der Waals surface area contributed by atoms with Gasteiger partial charge in [-0.3, -0.25) is 4.79 Å². The van der Waals surface area contributed by atoms with Crippen LogP contribution in [0, 0.1) is 19.3 Å². The van der Waals surface area contributed by atoms with Crippen molar-refractivity contribution in [1.82, 2.24) is 9.97 Å². The Bertz CT molecular complexity index is 995. The summed E-state index contributed by atoms with van der Waals surface area (Å²) < 4.78 is 0. The van der Waals surface area contributed by atoms with Crippen molar-refractivity contribution in [2.24, 2.45) is 0 Å². The first kappa shape index (κ1) is 17.5. The molecule has 5 heteroatoms. The van der Waals surface area contributed by atoms with Crippen molar-refractivity contribution >= 4 is 23.5 Å². The lowest BCUT2D eigenvalue weighted by atomic mass is 10.0. The number of nitrogens with one attached hydrogen (secondary N) is 2. The molecule has 3 rings (SSSR count). The maximum atomic E-state index is 11.7. The molecule has 0 unspecified atom stereocenters. The number of rotatable bonds is 5. The van der Waals surface area contributed by atoms with E-state index >= 15 is 0 Å². The van der Waals surface area contributed by atoms with E-state index in [-0.39, 0.29) is 5.78 Å². The lowest BCUT2D eigenvalue weighted by Crippen LogP contribution is -2.01. The zero-order valence-corrected chi connectivity index (χ0v) is 15.0. The van der Waals surface area contributed by atoms with Gasteiger partial charge in [0.25, 0.3) is 0 Å². The largest absolute Gasteiger partial charge is 0.340 e. The number of carbonyl (C=O) groups is 1. The second-order valence-electron chi connectivity index (χ2n) is 6.21. The summed E-state index contributed by atoms with van der Waals surface area (Å²) in [5, 5.41) is 10.9. The molecular weight excluding hydrogens is 324 g/mol. The van der Waals surface area contributed by atoms with E-state index in [4.69, 9.17) is 5.41 Å². The van der Waals surface area contributed by atoms with E-state index < -0.39 is 0 Å². The summed E-state index contributed by atoms with van der Waals surface area (Å²) in [5.74, 6) is 0.653. The van der Waals surface area contributed by atoms with Gasteiger partial charge in [0, 0.05) is 35.6 Å². The third kappa shape index (κ3) is 3.83. The molecule has 2 aromatic heterocycles. The van der Waals surface area contributed by atoms with Crippen LogP contribution in [-0.4, -0.2) is 22.0 Å². The van der Waals surface area contributed by atoms with Crippen molar-refractivity contribution in [2.75, 3.05) is 5.32 Å². The van der Waals surface area contributed by atoms with Crippen LogP contribution in [0.2, 0.25) is 0 Å². The summed E-state index contributed by atoms with van der Waals surface area (Å²) in [6.45, 7) is 5.39. The number of benzene rings is 1. The second kappa shape index (κ2) is 7.27. The highest BCUT2D eigenvalue weighted by Crippen LogP contribution is 2.27. The molecule has 130 valence electrons. The van der Waals surface area contributed by atoms with Crippen LogP contribution in [0.5, 0.6) is 0 Å². The zero-order chi connectivity index (χ0) is 18.7.